The van der Waals surface area contributed by atoms with E-state index in [1.165, 1.54) is 5.57 Å². The number of phenols is 1. The molecule has 4 nitrogen and oxygen atoms in total. The Morgan fingerprint density at radius 1 is 1.28 bits per heavy atom. The van der Waals surface area contributed by atoms with E-state index >= 15 is 0 Å². The molecule has 132 valence electrons. The van der Waals surface area contributed by atoms with Crippen LogP contribution in [0, 0.1) is 5.92 Å². The molecule has 1 aromatic rings. The normalized spacial score (nSPS) is 25.4. The van der Waals surface area contributed by atoms with Gasteiger partial charge in [0, 0.05) is 13.0 Å². The van der Waals surface area contributed by atoms with E-state index < -0.39 is 0 Å². The molecule has 3 atom stereocenters. The van der Waals surface area contributed by atoms with Gasteiger partial charge in [-0.25, -0.2) is 0 Å². The zero-order valence-electron chi connectivity index (χ0n) is 14.9. The van der Waals surface area contributed by atoms with Gasteiger partial charge in [-0.3, -0.25) is 4.79 Å². The molecule has 1 heterocycles. The van der Waals surface area contributed by atoms with Gasteiger partial charge in [-0.2, -0.15) is 0 Å². The Kier molecular flexibility index (Phi) is 5.09. The molecule has 0 saturated carbocycles. The third-order valence-electron chi connectivity index (χ3n) is 4.66. The minimum absolute atomic E-state index is 0.0901. The van der Waals surface area contributed by atoms with Crippen molar-refractivity contribution in [1.29, 1.82) is 0 Å². The van der Waals surface area contributed by atoms with Gasteiger partial charge < -0.3 is 14.6 Å². The lowest BCUT2D eigenvalue weighted by molar-refractivity contribution is -0.120. The highest BCUT2D eigenvalue weighted by Crippen LogP contribution is 2.39. The van der Waals surface area contributed by atoms with E-state index in [-0.39, 0.29) is 29.7 Å². The SMILES string of the molecule is COC1C=C2OC(c3ccc(O)cc3)CC(=O)C2=CC1CC=C(C)C. The van der Waals surface area contributed by atoms with Crippen LogP contribution in [-0.4, -0.2) is 24.1 Å². The topological polar surface area (TPSA) is 55.8 Å². The number of rotatable bonds is 4. The van der Waals surface area contributed by atoms with Crippen LogP contribution in [0.25, 0.3) is 0 Å². The Morgan fingerprint density at radius 3 is 2.64 bits per heavy atom. The number of phenolic OH excluding ortho intramolecular Hbond substituents is 1. The smallest absolute Gasteiger partial charge is 0.170 e. The van der Waals surface area contributed by atoms with Crippen molar-refractivity contribution >= 4 is 5.78 Å². The van der Waals surface area contributed by atoms with Crippen molar-refractivity contribution in [3.63, 3.8) is 0 Å². The zero-order chi connectivity index (χ0) is 18.0. The van der Waals surface area contributed by atoms with Crippen LogP contribution in [0.3, 0.4) is 0 Å². The number of carbonyl (C=O) groups is 1. The van der Waals surface area contributed by atoms with Gasteiger partial charge in [-0.1, -0.05) is 29.9 Å². The van der Waals surface area contributed by atoms with Crippen molar-refractivity contribution in [3.05, 3.63) is 65.0 Å². The number of ketones is 1. The highest BCUT2D eigenvalue weighted by Gasteiger charge is 2.35. The van der Waals surface area contributed by atoms with Gasteiger partial charge in [-0.05, 0) is 44.0 Å². The molecule has 0 aromatic heterocycles. The number of Topliss-reactive ketones (excluding diaryl/α,β-unsaturated/α-hetero) is 1. The first-order valence-electron chi connectivity index (χ1n) is 8.57. The maximum Gasteiger partial charge on any atom is 0.170 e. The summed E-state index contributed by atoms with van der Waals surface area (Å²) in [5.74, 6) is 1.03. The molecule has 3 rings (SSSR count). The second kappa shape index (κ2) is 7.28. The van der Waals surface area contributed by atoms with Crippen molar-refractivity contribution in [1.82, 2.24) is 0 Å². The van der Waals surface area contributed by atoms with Gasteiger partial charge in [0.25, 0.3) is 0 Å². The molecule has 1 aliphatic heterocycles. The first-order valence-corrected chi connectivity index (χ1v) is 8.57. The van der Waals surface area contributed by atoms with Gasteiger partial charge in [-0.15, -0.1) is 0 Å². The molecule has 0 radical (unpaired) electrons. The maximum absolute atomic E-state index is 12.7. The fourth-order valence-corrected chi connectivity index (χ4v) is 3.25. The standard InChI is InChI=1S/C21H24O4/c1-13(2)4-5-15-10-17-18(23)11-20(14-6-8-16(22)9-7-14)25-21(17)12-19(15)24-3/h4,6-10,12,15,19-20,22H,5,11H2,1-3H3. The number of aromatic hydroxyl groups is 1. The van der Waals surface area contributed by atoms with E-state index in [0.717, 1.165) is 12.0 Å². The summed E-state index contributed by atoms with van der Waals surface area (Å²) >= 11 is 0. The van der Waals surface area contributed by atoms with Crippen LogP contribution in [0.1, 0.15) is 38.4 Å². The molecule has 1 saturated heterocycles. The molecule has 1 aliphatic carbocycles. The lowest BCUT2D eigenvalue weighted by Crippen LogP contribution is -2.30. The van der Waals surface area contributed by atoms with Gasteiger partial charge >= 0.3 is 0 Å². The molecule has 1 aromatic carbocycles. The van der Waals surface area contributed by atoms with Crippen molar-refractivity contribution in [2.75, 3.05) is 7.11 Å². The van der Waals surface area contributed by atoms with Crippen LogP contribution in [0.5, 0.6) is 5.75 Å². The maximum atomic E-state index is 12.7. The summed E-state index contributed by atoms with van der Waals surface area (Å²) < 4.78 is 11.7. The summed E-state index contributed by atoms with van der Waals surface area (Å²) in [4.78, 5) is 12.7. The molecule has 1 N–H and O–H groups in total. The van der Waals surface area contributed by atoms with Gasteiger partial charge in [0.1, 0.15) is 17.6 Å². The summed E-state index contributed by atoms with van der Waals surface area (Å²) in [5, 5.41) is 9.43. The van der Waals surface area contributed by atoms with E-state index in [0.29, 0.717) is 17.8 Å². The highest BCUT2D eigenvalue weighted by atomic mass is 16.5. The van der Waals surface area contributed by atoms with Crippen LogP contribution >= 0.6 is 0 Å². The highest BCUT2D eigenvalue weighted by molar-refractivity contribution is 6.00. The number of fused-ring (bicyclic) bond motifs is 1. The molecular weight excluding hydrogens is 316 g/mol. The Balaban J connectivity index is 1.84. The number of methoxy groups -OCH3 is 1. The largest absolute Gasteiger partial charge is 0.508 e. The molecule has 1 fully saturated rings. The van der Waals surface area contributed by atoms with Crippen LogP contribution in [0.2, 0.25) is 0 Å². The average Bonchev–Trinajstić information content (AvgIpc) is 2.59. The molecule has 25 heavy (non-hydrogen) atoms. The molecule has 2 aliphatic rings. The average molecular weight is 340 g/mol. The first-order chi connectivity index (χ1) is 12.0. The van der Waals surface area contributed by atoms with Gasteiger partial charge in [0.05, 0.1) is 18.1 Å². The van der Waals surface area contributed by atoms with Crippen LogP contribution in [0.4, 0.5) is 0 Å². The Bertz CT molecular complexity index is 736. The minimum Gasteiger partial charge on any atom is -0.508 e. The summed E-state index contributed by atoms with van der Waals surface area (Å²) in [5.41, 5.74) is 2.80. The summed E-state index contributed by atoms with van der Waals surface area (Å²) in [7, 11) is 1.68. The molecule has 4 heteroatoms. The number of carbonyl (C=O) groups excluding carboxylic acids is 1. The van der Waals surface area contributed by atoms with E-state index in [9.17, 15) is 9.90 Å². The summed E-state index contributed by atoms with van der Waals surface area (Å²) in [6, 6.07) is 6.79. The third kappa shape index (κ3) is 3.85. The predicted molar refractivity (Wildman–Crippen MR) is 96.1 cm³/mol. The number of hydrogen-bond donors (Lipinski definition) is 1. The first kappa shape index (κ1) is 17.5. The van der Waals surface area contributed by atoms with Crippen molar-refractivity contribution in [2.45, 2.75) is 38.9 Å². The fraction of sp³-hybridized carbons (Fsp3) is 0.381. The summed E-state index contributed by atoms with van der Waals surface area (Å²) in [6.07, 6.45) is 6.79. The van der Waals surface area contributed by atoms with Crippen LogP contribution < -0.4 is 0 Å². The van der Waals surface area contributed by atoms with E-state index in [1.807, 2.05) is 12.2 Å². The molecular formula is C21H24O4. The van der Waals surface area contributed by atoms with Crippen LogP contribution in [0.15, 0.2) is 59.4 Å². The van der Waals surface area contributed by atoms with Crippen molar-refractivity contribution < 1.29 is 19.4 Å². The monoisotopic (exact) mass is 340 g/mol. The molecule has 0 spiro atoms. The van der Waals surface area contributed by atoms with Gasteiger partial charge in [0.15, 0.2) is 5.78 Å². The van der Waals surface area contributed by atoms with Crippen LogP contribution in [-0.2, 0) is 14.3 Å². The quantitative estimate of drug-likeness (QED) is 0.833. The van der Waals surface area contributed by atoms with Gasteiger partial charge in [0.2, 0.25) is 0 Å². The minimum atomic E-state index is -0.330. The lowest BCUT2D eigenvalue weighted by atomic mass is 9.84. The Labute approximate surface area is 148 Å². The molecule has 0 amide bonds. The Hall–Kier alpha value is -2.33. The fourth-order valence-electron chi connectivity index (χ4n) is 3.25. The number of allylic oxidation sites excluding steroid dienone is 3. The molecule has 0 bridgehead atoms. The predicted octanol–water partition coefficient (Wildman–Crippen LogP) is 4.23. The molecule has 3 unspecified atom stereocenters. The Morgan fingerprint density at radius 2 is 2.00 bits per heavy atom. The van der Waals surface area contributed by atoms with E-state index in [4.69, 9.17) is 9.47 Å². The van der Waals surface area contributed by atoms with E-state index in [1.54, 1.807) is 31.4 Å². The number of hydrogen-bond acceptors (Lipinski definition) is 4. The second-order valence-electron chi connectivity index (χ2n) is 6.82. The summed E-state index contributed by atoms with van der Waals surface area (Å²) in [6.45, 7) is 4.13. The number of ether oxygens (including phenoxy) is 2. The third-order valence-corrected chi connectivity index (χ3v) is 4.66. The van der Waals surface area contributed by atoms with Crippen molar-refractivity contribution in [2.24, 2.45) is 5.92 Å². The second-order valence-corrected chi connectivity index (χ2v) is 6.82. The van der Waals surface area contributed by atoms with E-state index in [2.05, 4.69) is 19.9 Å². The number of benzene rings is 1. The van der Waals surface area contributed by atoms with Crippen molar-refractivity contribution in [3.8, 4) is 5.75 Å². The zero-order valence-corrected chi connectivity index (χ0v) is 14.9. The lowest BCUT2D eigenvalue weighted by Gasteiger charge is -2.33.